The number of ketones is 1. The zero-order valence-corrected chi connectivity index (χ0v) is 14.6. The van der Waals surface area contributed by atoms with E-state index in [1.807, 2.05) is 0 Å². The van der Waals surface area contributed by atoms with Crippen molar-refractivity contribution < 1.29 is 9.53 Å². The van der Waals surface area contributed by atoms with E-state index in [1.54, 1.807) is 66.7 Å². The molecule has 0 heterocycles. The summed E-state index contributed by atoms with van der Waals surface area (Å²) in [5.41, 5.74) is 0.873. The van der Waals surface area contributed by atoms with E-state index in [1.165, 1.54) is 0 Å². The number of ether oxygens (including phenoxy) is 1. The fourth-order valence-corrected chi connectivity index (χ4v) is 2.64. The van der Waals surface area contributed by atoms with Gasteiger partial charge in [-0.2, -0.15) is 0 Å². The molecule has 0 radical (unpaired) electrons. The van der Waals surface area contributed by atoms with Gasteiger partial charge in [-0.25, -0.2) is 0 Å². The average Bonchev–Trinajstić information content (AvgIpc) is 2.59. The number of hydrogen-bond acceptors (Lipinski definition) is 2. The van der Waals surface area contributed by atoms with Gasteiger partial charge in [0.2, 0.25) is 0 Å². The maximum absolute atomic E-state index is 12.5. The van der Waals surface area contributed by atoms with Gasteiger partial charge < -0.3 is 4.74 Å². The summed E-state index contributed by atoms with van der Waals surface area (Å²) in [6.45, 7) is 0. The van der Waals surface area contributed by atoms with Gasteiger partial charge in [-0.3, -0.25) is 4.79 Å². The number of benzene rings is 3. The van der Waals surface area contributed by atoms with Gasteiger partial charge in [-0.15, -0.1) is 0 Å². The van der Waals surface area contributed by atoms with Crippen LogP contribution in [-0.4, -0.2) is 5.78 Å². The van der Waals surface area contributed by atoms with Crippen molar-refractivity contribution in [3.8, 4) is 11.5 Å². The van der Waals surface area contributed by atoms with Crippen molar-refractivity contribution in [3.05, 3.63) is 92.9 Å². The maximum Gasteiger partial charge on any atom is 0.194 e. The van der Waals surface area contributed by atoms with Crippen LogP contribution in [0.4, 0.5) is 0 Å². The second-order valence-corrected chi connectivity index (χ2v) is 6.31. The largest absolute Gasteiger partial charge is 0.457 e. The average molecular weight is 378 g/mol. The summed E-state index contributed by atoms with van der Waals surface area (Å²) < 4.78 is 5.70. The highest BCUT2D eigenvalue weighted by Crippen LogP contribution is 2.26. The van der Waals surface area contributed by atoms with Crippen LogP contribution in [-0.2, 0) is 0 Å². The molecule has 0 fully saturated rings. The number of halogens is 3. The molecular weight excluding hydrogens is 367 g/mol. The third-order valence-corrected chi connectivity index (χ3v) is 4.16. The van der Waals surface area contributed by atoms with Crippen molar-refractivity contribution in [1.29, 1.82) is 0 Å². The minimum atomic E-state index is -0.194. The summed E-state index contributed by atoms with van der Waals surface area (Å²) in [4.78, 5) is 12.5. The first kappa shape index (κ1) is 16.8. The lowest BCUT2D eigenvalue weighted by molar-refractivity contribution is 0.103. The number of carbonyl (C=O) groups is 1. The molecule has 3 aromatic rings. The van der Waals surface area contributed by atoms with E-state index in [-0.39, 0.29) is 5.78 Å². The van der Waals surface area contributed by atoms with E-state index in [9.17, 15) is 4.79 Å². The standard InChI is InChI=1S/C19H11Cl3O2/c20-13-3-8-16(9-4-13)24-15-6-1-12(2-7-15)19(23)17-11-14(21)5-10-18(17)22/h1-11H. The number of rotatable bonds is 4. The van der Waals surface area contributed by atoms with Crippen molar-refractivity contribution in [2.75, 3.05) is 0 Å². The van der Waals surface area contributed by atoms with Crippen LogP contribution >= 0.6 is 34.8 Å². The van der Waals surface area contributed by atoms with Crippen LogP contribution in [0.3, 0.4) is 0 Å². The van der Waals surface area contributed by atoms with E-state index < -0.39 is 0 Å². The predicted octanol–water partition coefficient (Wildman–Crippen LogP) is 6.67. The Morgan fingerprint density at radius 2 is 1.25 bits per heavy atom. The molecule has 5 heteroatoms. The highest BCUT2D eigenvalue weighted by Gasteiger charge is 2.13. The third-order valence-electron chi connectivity index (χ3n) is 3.34. The molecule has 0 unspecified atom stereocenters. The van der Waals surface area contributed by atoms with Gasteiger partial charge in [0.1, 0.15) is 11.5 Å². The Kier molecular flexibility index (Phi) is 5.10. The second kappa shape index (κ2) is 7.27. The first-order valence-corrected chi connectivity index (χ1v) is 8.19. The summed E-state index contributed by atoms with van der Waals surface area (Å²) >= 11 is 17.9. The zero-order valence-electron chi connectivity index (χ0n) is 12.3. The highest BCUT2D eigenvalue weighted by atomic mass is 35.5. The number of carbonyl (C=O) groups excluding carboxylic acids is 1. The van der Waals surface area contributed by atoms with E-state index in [2.05, 4.69) is 0 Å². The Balaban J connectivity index is 1.80. The molecule has 3 rings (SSSR count). The quantitative estimate of drug-likeness (QED) is 0.475. The smallest absolute Gasteiger partial charge is 0.194 e. The molecule has 24 heavy (non-hydrogen) atoms. The van der Waals surface area contributed by atoms with Gasteiger partial charge in [-0.1, -0.05) is 34.8 Å². The second-order valence-electron chi connectivity index (χ2n) is 5.03. The molecular formula is C19H11Cl3O2. The van der Waals surface area contributed by atoms with Crippen LogP contribution in [0.1, 0.15) is 15.9 Å². The van der Waals surface area contributed by atoms with E-state index in [0.717, 1.165) is 0 Å². The van der Waals surface area contributed by atoms with Gasteiger partial charge in [-0.05, 0) is 66.7 Å². The third kappa shape index (κ3) is 3.90. The van der Waals surface area contributed by atoms with Crippen LogP contribution in [0.5, 0.6) is 11.5 Å². The highest BCUT2D eigenvalue weighted by molar-refractivity contribution is 6.36. The van der Waals surface area contributed by atoms with Gasteiger partial charge in [0.05, 0.1) is 5.02 Å². The molecule has 0 saturated heterocycles. The van der Waals surface area contributed by atoms with Crippen molar-refractivity contribution >= 4 is 40.6 Å². The molecule has 0 saturated carbocycles. The minimum absolute atomic E-state index is 0.194. The molecule has 0 aromatic heterocycles. The molecule has 0 aliphatic carbocycles. The Morgan fingerprint density at radius 3 is 1.88 bits per heavy atom. The van der Waals surface area contributed by atoms with Crippen molar-refractivity contribution in [3.63, 3.8) is 0 Å². The van der Waals surface area contributed by atoms with E-state index in [0.29, 0.717) is 37.7 Å². The fourth-order valence-electron chi connectivity index (χ4n) is 2.14. The lowest BCUT2D eigenvalue weighted by atomic mass is 10.0. The Bertz CT molecular complexity index is 872. The first-order valence-electron chi connectivity index (χ1n) is 7.06. The van der Waals surface area contributed by atoms with Gasteiger partial charge in [0.25, 0.3) is 0 Å². The van der Waals surface area contributed by atoms with Gasteiger partial charge in [0.15, 0.2) is 5.78 Å². The summed E-state index contributed by atoms with van der Waals surface area (Å²) in [5, 5.41) is 1.47. The van der Waals surface area contributed by atoms with E-state index in [4.69, 9.17) is 39.5 Å². The molecule has 2 nitrogen and oxygen atoms in total. The molecule has 0 spiro atoms. The van der Waals surface area contributed by atoms with Gasteiger partial charge in [0, 0.05) is 21.2 Å². The summed E-state index contributed by atoms with van der Waals surface area (Å²) in [6.07, 6.45) is 0. The Morgan fingerprint density at radius 1 is 0.708 bits per heavy atom. The minimum Gasteiger partial charge on any atom is -0.457 e. The van der Waals surface area contributed by atoms with Crippen LogP contribution < -0.4 is 4.74 Å². The molecule has 3 aromatic carbocycles. The predicted molar refractivity (Wildman–Crippen MR) is 97.9 cm³/mol. The number of hydrogen-bond donors (Lipinski definition) is 0. The molecule has 0 aliphatic heterocycles. The maximum atomic E-state index is 12.5. The lowest BCUT2D eigenvalue weighted by Gasteiger charge is -2.08. The molecule has 0 N–H and O–H groups in total. The van der Waals surface area contributed by atoms with Gasteiger partial charge >= 0.3 is 0 Å². The lowest BCUT2D eigenvalue weighted by Crippen LogP contribution is -2.02. The van der Waals surface area contributed by atoms with Crippen LogP contribution in [0, 0.1) is 0 Å². The normalized spacial score (nSPS) is 10.5. The Hall–Kier alpha value is -2.00. The molecule has 0 amide bonds. The van der Waals surface area contributed by atoms with Crippen LogP contribution in [0.25, 0.3) is 0 Å². The van der Waals surface area contributed by atoms with Crippen molar-refractivity contribution in [2.45, 2.75) is 0 Å². The van der Waals surface area contributed by atoms with Crippen LogP contribution in [0.2, 0.25) is 15.1 Å². The fraction of sp³-hybridized carbons (Fsp3) is 0. The first-order chi connectivity index (χ1) is 11.5. The van der Waals surface area contributed by atoms with Crippen molar-refractivity contribution in [2.24, 2.45) is 0 Å². The summed E-state index contributed by atoms with van der Waals surface area (Å²) in [5.74, 6) is 1.09. The van der Waals surface area contributed by atoms with E-state index >= 15 is 0 Å². The van der Waals surface area contributed by atoms with Crippen LogP contribution in [0.15, 0.2) is 66.7 Å². The molecule has 120 valence electrons. The zero-order chi connectivity index (χ0) is 17.1. The molecule has 0 aliphatic rings. The van der Waals surface area contributed by atoms with Crippen molar-refractivity contribution in [1.82, 2.24) is 0 Å². The molecule has 0 atom stereocenters. The summed E-state index contributed by atoms with van der Waals surface area (Å²) in [6, 6.07) is 18.7. The topological polar surface area (TPSA) is 26.3 Å². The SMILES string of the molecule is O=C(c1ccc(Oc2ccc(Cl)cc2)cc1)c1cc(Cl)ccc1Cl. The summed E-state index contributed by atoms with van der Waals surface area (Å²) in [7, 11) is 0. The Labute approximate surface area is 154 Å². The molecule has 0 bridgehead atoms. The monoisotopic (exact) mass is 376 g/mol.